The number of likely N-dealkylation sites (tertiary alicyclic amines) is 2. The van der Waals surface area contributed by atoms with Crippen LogP contribution < -0.4 is 5.73 Å². The Balaban J connectivity index is 0.000000181. The molecule has 4 fully saturated rings. The number of hydrogen-bond donors (Lipinski definition) is 2. The molecule has 0 aromatic carbocycles. The van der Waals surface area contributed by atoms with Gasteiger partial charge in [0.2, 0.25) is 5.91 Å². The number of primary amides is 1. The first-order chi connectivity index (χ1) is 14.6. The molecular formula is C22H35N3O7. The summed E-state index contributed by atoms with van der Waals surface area (Å²) in [5.41, 5.74) is 4.17. The number of carbonyl (C=O) groups is 4. The first kappa shape index (κ1) is 24.1. The summed E-state index contributed by atoms with van der Waals surface area (Å²) in [6.45, 7) is 10.8. The van der Waals surface area contributed by atoms with E-state index in [1.54, 1.807) is 20.8 Å². The molecular weight excluding hydrogens is 418 g/mol. The predicted molar refractivity (Wildman–Crippen MR) is 114 cm³/mol. The molecule has 0 aromatic heterocycles. The maximum atomic E-state index is 11.9. The maximum absolute atomic E-state index is 11.9. The van der Waals surface area contributed by atoms with E-state index in [9.17, 15) is 19.2 Å². The average Bonchev–Trinajstić information content (AvgIpc) is 3.47. The zero-order valence-electron chi connectivity index (χ0n) is 19.7. The molecule has 180 valence electrons. The van der Waals surface area contributed by atoms with E-state index < -0.39 is 47.3 Å². The van der Waals surface area contributed by atoms with Crippen LogP contribution in [0.2, 0.25) is 0 Å². The van der Waals surface area contributed by atoms with Crippen LogP contribution in [0, 0.1) is 11.8 Å². The molecule has 32 heavy (non-hydrogen) atoms. The van der Waals surface area contributed by atoms with Gasteiger partial charge in [0, 0.05) is 12.1 Å². The second-order valence-electron chi connectivity index (χ2n) is 11.1. The van der Waals surface area contributed by atoms with Crippen molar-refractivity contribution in [1.82, 2.24) is 9.80 Å². The lowest BCUT2D eigenvalue weighted by atomic mass is 10.1. The molecule has 2 aliphatic carbocycles. The Morgan fingerprint density at radius 3 is 1.47 bits per heavy atom. The quantitative estimate of drug-likeness (QED) is 0.654. The van der Waals surface area contributed by atoms with Gasteiger partial charge in [0.1, 0.15) is 23.3 Å². The predicted octanol–water partition coefficient (Wildman–Crippen LogP) is 2.34. The van der Waals surface area contributed by atoms with Crippen LogP contribution in [0.3, 0.4) is 0 Å². The van der Waals surface area contributed by atoms with Crippen LogP contribution in [-0.2, 0) is 19.1 Å². The number of fused-ring (bicyclic) bond motifs is 2. The summed E-state index contributed by atoms with van der Waals surface area (Å²) in [5.74, 6) is -0.547. The standard InChI is InChI=1S/C11H18N2O3.C11H17NO4/c1-11(2,3)16-10(15)13-7-4-6(7)5-8(13)9(12)14;1-11(2,3)16-10(15)12-7-4-6(7)5-8(12)9(13)14/h6-8H,4-5H2,1-3H3,(H2,12,14);6-8H,4-5H2,1-3H3,(H,13,14)/t2*6-,7-,8-/m00/s1. The van der Waals surface area contributed by atoms with Gasteiger partial charge in [-0.2, -0.15) is 0 Å². The minimum absolute atomic E-state index is 0.0935. The molecule has 2 aliphatic heterocycles. The highest BCUT2D eigenvalue weighted by atomic mass is 16.6. The van der Waals surface area contributed by atoms with Crippen molar-refractivity contribution in [2.75, 3.05) is 0 Å². The normalized spacial score (nSPS) is 32.2. The van der Waals surface area contributed by atoms with Gasteiger partial charge < -0.3 is 20.3 Å². The summed E-state index contributed by atoms with van der Waals surface area (Å²) in [7, 11) is 0. The second kappa shape index (κ2) is 8.12. The number of nitrogens with two attached hydrogens (primary N) is 1. The van der Waals surface area contributed by atoms with Gasteiger partial charge in [0.05, 0.1) is 0 Å². The van der Waals surface area contributed by atoms with Gasteiger partial charge in [0.15, 0.2) is 0 Å². The number of carbonyl (C=O) groups excluding carboxylic acids is 3. The van der Waals surface area contributed by atoms with Crippen LogP contribution in [0.1, 0.15) is 67.2 Å². The SMILES string of the molecule is CC(C)(C)OC(=O)N1[C@H](C(=O)O)C[C@@H]2C[C@@H]21.CC(C)(C)OC(=O)N1[C@H](C(N)=O)C[C@@H]2C[C@@H]21. The Hall–Kier alpha value is -2.52. The lowest BCUT2D eigenvalue weighted by molar-refractivity contribution is -0.142. The molecule has 2 saturated carbocycles. The highest BCUT2D eigenvalue weighted by Crippen LogP contribution is 2.49. The van der Waals surface area contributed by atoms with E-state index >= 15 is 0 Å². The first-order valence-corrected chi connectivity index (χ1v) is 11.1. The van der Waals surface area contributed by atoms with Gasteiger partial charge in [-0.05, 0) is 79.1 Å². The van der Waals surface area contributed by atoms with Crippen LogP contribution in [0.4, 0.5) is 9.59 Å². The molecule has 2 heterocycles. The van der Waals surface area contributed by atoms with Crippen LogP contribution in [-0.4, -0.2) is 74.3 Å². The van der Waals surface area contributed by atoms with Crippen molar-refractivity contribution in [2.45, 2.75) is 103 Å². The molecule has 4 rings (SSSR count). The van der Waals surface area contributed by atoms with Crippen LogP contribution in [0.5, 0.6) is 0 Å². The molecule has 10 nitrogen and oxygen atoms in total. The van der Waals surface area contributed by atoms with E-state index in [-0.39, 0.29) is 12.1 Å². The van der Waals surface area contributed by atoms with E-state index in [4.69, 9.17) is 20.3 Å². The summed E-state index contributed by atoms with van der Waals surface area (Å²) in [5, 5.41) is 9.02. The van der Waals surface area contributed by atoms with Gasteiger partial charge in [0.25, 0.3) is 0 Å². The number of rotatable bonds is 2. The van der Waals surface area contributed by atoms with Crippen molar-refractivity contribution >= 4 is 24.1 Å². The van der Waals surface area contributed by atoms with E-state index in [1.165, 1.54) is 9.80 Å². The molecule has 2 saturated heterocycles. The molecule has 10 heteroatoms. The van der Waals surface area contributed by atoms with Crippen molar-refractivity contribution < 1.29 is 33.8 Å². The molecule has 6 atom stereocenters. The largest absolute Gasteiger partial charge is 0.480 e. The molecule has 0 unspecified atom stereocenters. The molecule has 0 aromatic rings. The van der Waals surface area contributed by atoms with Gasteiger partial charge in [-0.25, -0.2) is 14.4 Å². The highest BCUT2D eigenvalue weighted by Gasteiger charge is 2.58. The number of nitrogens with zero attached hydrogens (tertiary/aromatic N) is 2. The summed E-state index contributed by atoms with van der Waals surface area (Å²) in [4.78, 5) is 48.9. The third-order valence-electron chi connectivity index (χ3n) is 6.03. The summed E-state index contributed by atoms with van der Waals surface area (Å²) >= 11 is 0. The smallest absolute Gasteiger partial charge is 0.411 e. The van der Waals surface area contributed by atoms with Gasteiger partial charge in [-0.3, -0.25) is 14.6 Å². The Bertz CT molecular complexity index is 734. The Morgan fingerprint density at radius 2 is 1.12 bits per heavy atom. The van der Waals surface area contributed by atoms with Crippen molar-refractivity contribution in [1.29, 1.82) is 0 Å². The van der Waals surface area contributed by atoms with E-state index in [1.807, 2.05) is 20.8 Å². The molecule has 4 aliphatic rings. The fourth-order valence-electron chi connectivity index (χ4n) is 4.54. The van der Waals surface area contributed by atoms with Gasteiger partial charge in [-0.15, -0.1) is 0 Å². The number of piperidine rings is 2. The molecule has 3 amide bonds. The van der Waals surface area contributed by atoms with Crippen molar-refractivity contribution in [2.24, 2.45) is 17.6 Å². The van der Waals surface area contributed by atoms with Crippen molar-refractivity contribution in [3.63, 3.8) is 0 Å². The Morgan fingerprint density at radius 1 is 0.750 bits per heavy atom. The molecule has 0 spiro atoms. The number of carboxylic acids is 1. The van der Waals surface area contributed by atoms with Gasteiger partial charge >= 0.3 is 18.2 Å². The Labute approximate surface area is 188 Å². The van der Waals surface area contributed by atoms with E-state index in [0.717, 1.165) is 12.8 Å². The number of aliphatic carboxylic acids is 1. The van der Waals surface area contributed by atoms with Crippen molar-refractivity contribution in [3.8, 4) is 0 Å². The first-order valence-electron chi connectivity index (χ1n) is 11.1. The topological polar surface area (TPSA) is 139 Å². The highest BCUT2D eigenvalue weighted by molar-refractivity contribution is 5.86. The molecule has 3 N–H and O–H groups in total. The summed E-state index contributed by atoms with van der Waals surface area (Å²) in [6.07, 6.45) is 2.25. The van der Waals surface area contributed by atoms with Gasteiger partial charge in [-0.1, -0.05) is 0 Å². The number of hydrogen-bond acceptors (Lipinski definition) is 6. The third-order valence-corrected chi connectivity index (χ3v) is 6.03. The second-order valence-corrected chi connectivity index (χ2v) is 11.1. The van der Waals surface area contributed by atoms with Crippen LogP contribution in [0.25, 0.3) is 0 Å². The zero-order valence-corrected chi connectivity index (χ0v) is 19.7. The minimum atomic E-state index is -0.932. The monoisotopic (exact) mass is 453 g/mol. The lowest BCUT2D eigenvalue weighted by Crippen LogP contribution is -2.47. The third kappa shape index (κ3) is 5.45. The maximum Gasteiger partial charge on any atom is 0.411 e. The van der Waals surface area contributed by atoms with Crippen molar-refractivity contribution in [3.05, 3.63) is 0 Å². The number of amides is 3. The number of ether oxygens (including phenoxy) is 2. The molecule has 0 bridgehead atoms. The van der Waals surface area contributed by atoms with E-state index in [2.05, 4.69) is 0 Å². The zero-order chi connectivity index (χ0) is 24.2. The summed E-state index contributed by atoms with van der Waals surface area (Å²) < 4.78 is 10.5. The van der Waals surface area contributed by atoms with E-state index in [0.29, 0.717) is 24.7 Å². The Kier molecular flexibility index (Phi) is 6.12. The fraction of sp³-hybridized carbons (Fsp3) is 0.818. The van der Waals surface area contributed by atoms with Crippen LogP contribution in [0.15, 0.2) is 0 Å². The lowest BCUT2D eigenvalue weighted by Gasteiger charge is -2.28. The van der Waals surface area contributed by atoms with Crippen LogP contribution >= 0.6 is 0 Å². The fourth-order valence-corrected chi connectivity index (χ4v) is 4.54. The summed E-state index contributed by atoms with van der Waals surface area (Å²) in [6, 6.07) is -0.902. The molecule has 0 radical (unpaired) electrons. The minimum Gasteiger partial charge on any atom is -0.480 e. The number of carboxylic acid groups (broad SMARTS) is 1. The average molecular weight is 454 g/mol.